The highest BCUT2D eigenvalue weighted by atomic mass is 16.2. The van der Waals surface area contributed by atoms with Gasteiger partial charge in [0.05, 0.1) is 17.2 Å². The third kappa shape index (κ3) is 2.00. The Kier molecular flexibility index (Phi) is 3.22. The van der Waals surface area contributed by atoms with E-state index in [1.807, 2.05) is 37.3 Å². The van der Waals surface area contributed by atoms with E-state index in [1.165, 1.54) is 4.90 Å². The number of rotatable bonds is 3. The van der Waals surface area contributed by atoms with Crippen molar-refractivity contribution in [1.82, 2.24) is 4.90 Å². The fourth-order valence-electron chi connectivity index (χ4n) is 2.86. The van der Waals surface area contributed by atoms with Crippen molar-refractivity contribution in [2.24, 2.45) is 0 Å². The summed E-state index contributed by atoms with van der Waals surface area (Å²) < 4.78 is 0. The summed E-state index contributed by atoms with van der Waals surface area (Å²) in [6, 6.07) is 14.3. The summed E-state index contributed by atoms with van der Waals surface area (Å²) in [5.74, 6) is -0.568. The van der Waals surface area contributed by atoms with Crippen LogP contribution in [0, 0.1) is 0 Å². The van der Waals surface area contributed by atoms with E-state index in [4.69, 9.17) is 5.73 Å². The molecule has 0 saturated carbocycles. The second-order valence-electron chi connectivity index (χ2n) is 5.08. The Bertz CT molecular complexity index is 710. The standard InChI is InChI=1S/C17H16N2O2/c1-2-14(11-7-4-3-5-8-11)19-16(20)12-9-6-10-13(18)15(12)17(19)21/h3-10,14H,2,18H2,1H3. The number of imide groups is 1. The number of hydrogen-bond donors (Lipinski definition) is 1. The van der Waals surface area contributed by atoms with Crippen molar-refractivity contribution in [2.75, 3.05) is 5.73 Å². The van der Waals surface area contributed by atoms with Crippen molar-refractivity contribution in [3.63, 3.8) is 0 Å². The first-order valence-electron chi connectivity index (χ1n) is 6.96. The topological polar surface area (TPSA) is 63.4 Å². The molecule has 0 bridgehead atoms. The molecule has 2 N–H and O–H groups in total. The Morgan fingerprint density at radius 1 is 1.00 bits per heavy atom. The van der Waals surface area contributed by atoms with Crippen LogP contribution in [-0.4, -0.2) is 16.7 Å². The highest BCUT2D eigenvalue weighted by Gasteiger charge is 2.40. The molecule has 1 aliphatic rings. The molecule has 0 aliphatic carbocycles. The van der Waals surface area contributed by atoms with Crippen molar-refractivity contribution in [3.8, 4) is 0 Å². The van der Waals surface area contributed by atoms with E-state index < -0.39 is 0 Å². The molecule has 0 spiro atoms. The fourth-order valence-corrected chi connectivity index (χ4v) is 2.86. The van der Waals surface area contributed by atoms with Gasteiger partial charge in [-0.25, -0.2) is 0 Å². The maximum atomic E-state index is 12.6. The summed E-state index contributed by atoms with van der Waals surface area (Å²) in [5, 5.41) is 0. The van der Waals surface area contributed by atoms with Gasteiger partial charge in [0.15, 0.2) is 0 Å². The van der Waals surface area contributed by atoms with Gasteiger partial charge in [0, 0.05) is 5.69 Å². The summed E-state index contributed by atoms with van der Waals surface area (Å²) in [6.07, 6.45) is 0.662. The molecule has 0 fully saturated rings. The quantitative estimate of drug-likeness (QED) is 0.694. The van der Waals surface area contributed by atoms with Gasteiger partial charge in [-0.15, -0.1) is 0 Å². The summed E-state index contributed by atoms with van der Waals surface area (Å²) in [5.41, 5.74) is 7.90. The molecule has 1 heterocycles. The van der Waals surface area contributed by atoms with Gasteiger partial charge in [-0.05, 0) is 24.1 Å². The predicted octanol–water partition coefficient (Wildman–Crippen LogP) is 3.02. The fraction of sp³-hybridized carbons (Fsp3) is 0.176. The number of benzene rings is 2. The number of hydrogen-bond acceptors (Lipinski definition) is 3. The van der Waals surface area contributed by atoms with Gasteiger partial charge >= 0.3 is 0 Å². The molecule has 2 aromatic carbocycles. The van der Waals surface area contributed by atoms with E-state index in [9.17, 15) is 9.59 Å². The lowest BCUT2D eigenvalue weighted by Crippen LogP contribution is -2.33. The van der Waals surface area contributed by atoms with Crippen LogP contribution in [0.1, 0.15) is 45.7 Å². The van der Waals surface area contributed by atoms with Crippen LogP contribution in [0.15, 0.2) is 48.5 Å². The van der Waals surface area contributed by atoms with Gasteiger partial charge in [-0.2, -0.15) is 0 Å². The molecule has 2 amide bonds. The van der Waals surface area contributed by atoms with Crippen LogP contribution in [0.3, 0.4) is 0 Å². The number of anilines is 1. The van der Waals surface area contributed by atoms with E-state index in [0.29, 0.717) is 23.2 Å². The lowest BCUT2D eigenvalue weighted by atomic mass is 10.0. The minimum absolute atomic E-state index is 0.266. The number of carbonyl (C=O) groups excluding carboxylic acids is 2. The van der Waals surface area contributed by atoms with E-state index in [0.717, 1.165) is 5.56 Å². The van der Waals surface area contributed by atoms with Crippen LogP contribution in [0.2, 0.25) is 0 Å². The molecule has 0 radical (unpaired) electrons. The Morgan fingerprint density at radius 2 is 1.71 bits per heavy atom. The Balaban J connectivity index is 2.07. The molecule has 0 aromatic heterocycles. The zero-order valence-electron chi connectivity index (χ0n) is 11.7. The molecule has 4 heteroatoms. The van der Waals surface area contributed by atoms with Gasteiger partial charge in [0.2, 0.25) is 0 Å². The lowest BCUT2D eigenvalue weighted by molar-refractivity contribution is 0.0578. The smallest absolute Gasteiger partial charge is 0.264 e. The lowest BCUT2D eigenvalue weighted by Gasteiger charge is -2.25. The van der Waals surface area contributed by atoms with Crippen LogP contribution in [0.25, 0.3) is 0 Å². The summed E-state index contributed by atoms with van der Waals surface area (Å²) in [7, 11) is 0. The van der Waals surface area contributed by atoms with Crippen molar-refractivity contribution in [1.29, 1.82) is 0 Å². The van der Waals surface area contributed by atoms with Crippen LogP contribution in [0.5, 0.6) is 0 Å². The number of carbonyl (C=O) groups is 2. The van der Waals surface area contributed by atoms with Gasteiger partial charge in [0.25, 0.3) is 11.8 Å². The number of nitrogens with zero attached hydrogens (tertiary/aromatic N) is 1. The number of amides is 2. The molecule has 4 nitrogen and oxygen atoms in total. The molecule has 106 valence electrons. The molecule has 21 heavy (non-hydrogen) atoms. The molecule has 2 aromatic rings. The highest BCUT2D eigenvalue weighted by Crippen LogP contribution is 2.35. The first-order chi connectivity index (χ1) is 10.1. The minimum atomic E-state index is -0.302. The maximum Gasteiger partial charge on any atom is 0.264 e. The molecule has 1 unspecified atom stereocenters. The molecule has 1 atom stereocenters. The van der Waals surface area contributed by atoms with Crippen LogP contribution in [-0.2, 0) is 0 Å². The Labute approximate surface area is 123 Å². The van der Waals surface area contributed by atoms with Gasteiger partial charge in [-0.3, -0.25) is 14.5 Å². The SMILES string of the molecule is CCC(c1ccccc1)N1C(=O)c2cccc(N)c2C1=O. The number of nitrogens with two attached hydrogens (primary N) is 1. The van der Waals surface area contributed by atoms with Gasteiger partial charge in [0.1, 0.15) is 0 Å². The zero-order valence-corrected chi connectivity index (χ0v) is 11.7. The van der Waals surface area contributed by atoms with Crippen molar-refractivity contribution >= 4 is 17.5 Å². The predicted molar refractivity (Wildman–Crippen MR) is 80.8 cm³/mol. The van der Waals surface area contributed by atoms with Gasteiger partial charge < -0.3 is 5.73 Å². The second-order valence-corrected chi connectivity index (χ2v) is 5.08. The van der Waals surface area contributed by atoms with E-state index in [1.54, 1.807) is 18.2 Å². The average molecular weight is 280 g/mol. The highest BCUT2D eigenvalue weighted by molar-refractivity contribution is 6.23. The van der Waals surface area contributed by atoms with Crippen molar-refractivity contribution in [3.05, 3.63) is 65.2 Å². The summed E-state index contributed by atoms with van der Waals surface area (Å²) in [4.78, 5) is 26.5. The molecule has 3 rings (SSSR count). The van der Waals surface area contributed by atoms with Crippen molar-refractivity contribution in [2.45, 2.75) is 19.4 Å². The van der Waals surface area contributed by atoms with Crippen LogP contribution in [0.4, 0.5) is 5.69 Å². The monoisotopic (exact) mass is 280 g/mol. The summed E-state index contributed by atoms with van der Waals surface area (Å²) >= 11 is 0. The van der Waals surface area contributed by atoms with E-state index >= 15 is 0 Å². The Hall–Kier alpha value is -2.62. The molecule has 1 aliphatic heterocycles. The zero-order chi connectivity index (χ0) is 15.0. The number of fused-ring (bicyclic) bond motifs is 1. The van der Waals surface area contributed by atoms with Crippen LogP contribution >= 0.6 is 0 Å². The third-order valence-electron chi connectivity index (χ3n) is 3.86. The molecular weight excluding hydrogens is 264 g/mol. The van der Waals surface area contributed by atoms with E-state index in [2.05, 4.69) is 0 Å². The normalized spacial score (nSPS) is 15.2. The maximum absolute atomic E-state index is 12.6. The van der Waals surface area contributed by atoms with Crippen molar-refractivity contribution < 1.29 is 9.59 Å². The Morgan fingerprint density at radius 3 is 2.33 bits per heavy atom. The van der Waals surface area contributed by atoms with Crippen LogP contribution < -0.4 is 5.73 Å². The third-order valence-corrected chi connectivity index (χ3v) is 3.86. The molecular formula is C17H16N2O2. The number of nitrogen functional groups attached to an aromatic ring is 1. The van der Waals surface area contributed by atoms with E-state index in [-0.39, 0.29) is 17.9 Å². The molecule has 0 saturated heterocycles. The van der Waals surface area contributed by atoms with Gasteiger partial charge in [-0.1, -0.05) is 43.3 Å². The largest absolute Gasteiger partial charge is 0.398 e. The summed E-state index contributed by atoms with van der Waals surface area (Å²) in [6.45, 7) is 1.96. The average Bonchev–Trinajstić information content (AvgIpc) is 2.75. The second kappa shape index (κ2) is 5.05. The first kappa shape index (κ1) is 13.4. The minimum Gasteiger partial charge on any atom is -0.398 e. The first-order valence-corrected chi connectivity index (χ1v) is 6.96.